The van der Waals surface area contributed by atoms with Crippen LogP contribution in [-0.2, 0) is 14.8 Å². The second-order valence-corrected chi connectivity index (χ2v) is 10.4. The van der Waals surface area contributed by atoms with Crippen LogP contribution in [0.5, 0.6) is 0 Å². The molecule has 0 aliphatic carbocycles. The normalized spacial score (nSPS) is 11.2. The lowest BCUT2D eigenvalue weighted by atomic mass is 10.2. The zero-order chi connectivity index (χ0) is 23.3. The largest absolute Gasteiger partial charge is 0.301 e. The first-order chi connectivity index (χ1) is 15.9. The number of hydrogen-bond donors (Lipinski definition) is 2. The fraction of sp³-hybridized carbons (Fsp3) is 0.0435. The molecule has 3 aromatic carbocycles. The van der Waals surface area contributed by atoms with Crippen LogP contribution in [0.2, 0.25) is 0 Å². The Balaban J connectivity index is 1.30. The van der Waals surface area contributed by atoms with Gasteiger partial charge >= 0.3 is 0 Å². The van der Waals surface area contributed by atoms with E-state index in [0.29, 0.717) is 16.5 Å². The molecule has 6 nitrogen and oxygen atoms in total. The maximum absolute atomic E-state index is 13.1. The number of aromatic nitrogens is 1. The molecule has 0 aliphatic heterocycles. The Morgan fingerprint density at radius 3 is 2.36 bits per heavy atom. The fourth-order valence-corrected chi connectivity index (χ4v) is 5.34. The highest BCUT2D eigenvalue weighted by molar-refractivity contribution is 8.00. The van der Waals surface area contributed by atoms with E-state index >= 15 is 0 Å². The molecular formula is C23H18FN3O3S3. The van der Waals surface area contributed by atoms with E-state index in [4.69, 9.17) is 0 Å². The summed E-state index contributed by atoms with van der Waals surface area (Å²) >= 11 is 2.61. The molecule has 33 heavy (non-hydrogen) atoms. The lowest BCUT2D eigenvalue weighted by molar-refractivity contribution is -0.113. The quantitative estimate of drug-likeness (QED) is 0.314. The Morgan fingerprint density at radius 2 is 1.67 bits per heavy atom. The predicted octanol–water partition coefficient (Wildman–Crippen LogP) is 5.48. The monoisotopic (exact) mass is 499 g/mol. The molecule has 2 N–H and O–H groups in total. The van der Waals surface area contributed by atoms with Crippen LogP contribution in [0.3, 0.4) is 0 Å². The molecule has 168 valence electrons. The molecule has 0 atom stereocenters. The molecule has 10 heteroatoms. The number of nitrogens with zero attached hydrogens (tertiary/aromatic N) is 1. The average Bonchev–Trinajstić information content (AvgIpc) is 3.28. The van der Waals surface area contributed by atoms with E-state index < -0.39 is 10.0 Å². The number of thiazole rings is 1. The van der Waals surface area contributed by atoms with Crippen LogP contribution >= 0.6 is 23.1 Å². The number of anilines is 2. The van der Waals surface area contributed by atoms with E-state index in [0.717, 1.165) is 10.5 Å². The Kier molecular flexibility index (Phi) is 7.07. The molecule has 0 unspecified atom stereocenters. The molecule has 4 rings (SSSR count). The highest BCUT2D eigenvalue weighted by Crippen LogP contribution is 2.26. The third-order valence-corrected chi connectivity index (χ3v) is 7.59. The van der Waals surface area contributed by atoms with Gasteiger partial charge in [0.05, 0.1) is 16.3 Å². The highest BCUT2D eigenvalue weighted by Gasteiger charge is 2.13. The third-order valence-electron chi connectivity index (χ3n) is 4.42. The summed E-state index contributed by atoms with van der Waals surface area (Å²) in [4.78, 5) is 17.7. The van der Waals surface area contributed by atoms with Gasteiger partial charge in [0.2, 0.25) is 5.91 Å². The molecule has 0 radical (unpaired) electrons. The SMILES string of the molecule is O=C(CSc1ccc(NS(=O)(=O)c2ccccc2)cc1)Nc1nc(-c2ccc(F)cc2)cs1. The van der Waals surface area contributed by atoms with Crippen LogP contribution in [-0.4, -0.2) is 25.1 Å². The van der Waals surface area contributed by atoms with E-state index in [1.54, 1.807) is 60.0 Å². The van der Waals surface area contributed by atoms with E-state index in [-0.39, 0.29) is 22.4 Å². The fourth-order valence-electron chi connectivity index (χ4n) is 2.82. The molecular weight excluding hydrogens is 481 g/mol. The van der Waals surface area contributed by atoms with Crippen LogP contribution < -0.4 is 10.0 Å². The highest BCUT2D eigenvalue weighted by atomic mass is 32.2. The molecule has 0 saturated carbocycles. The maximum atomic E-state index is 13.1. The summed E-state index contributed by atoms with van der Waals surface area (Å²) in [6.45, 7) is 0. The molecule has 0 aliphatic rings. The number of carbonyl (C=O) groups is 1. The molecule has 0 saturated heterocycles. The summed E-state index contributed by atoms with van der Waals surface area (Å²) in [6, 6.07) is 20.9. The Bertz CT molecular complexity index is 1340. The van der Waals surface area contributed by atoms with Crippen molar-refractivity contribution in [3.8, 4) is 11.3 Å². The van der Waals surface area contributed by atoms with Gasteiger partial charge in [0.1, 0.15) is 5.82 Å². The van der Waals surface area contributed by atoms with Crippen molar-refractivity contribution in [2.45, 2.75) is 9.79 Å². The van der Waals surface area contributed by atoms with E-state index in [1.165, 1.54) is 47.4 Å². The lowest BCUT2D eigenvalue weighted by Crippen LogP contribution is -2.14. The van der Waals surface area contributed by atoms with Crippen molar-refractivity contribution in [3.05, 3.63) is 90.1 Å². The van der Waals surface area contributed by atoms with Gasteiger partial charge in [-0.2, -0.15) is 0 Å². The summed E-state index contributed by atoms with van der Waals surface area (Å²) in [5.74, 6) is -0.365. The van der Waals surface area contributed by atoms with Gasteiger partial charge in [-0.05, 0) is 60.7 Å². The Hall–Kier alpha value is -3.21. The second kappa shape index (κ2) is 10.2. The van der Waals surface area contributed by atoms with E-state index in [1.807, 2.05) is 0 Å². The van der Waals surface area contributed by atoms with Gasteiger partial charge < -0.3 is 5.32 Å². The Labute approximate surface area is 199 Å². The lowest BCUT2D eigenvalue weighted by Gasteiger charge is -2.09. The molecule has 1 heterocycles. The van der Waals surface area contributed by atoms with E-state index in [2.05, 4.69) is 15.0 Å². The first-order valence-electron chi connectivity index (χ1n) is 9.71. The van der Waals surface area contributed by atoms with Gasteiger partial charge in [-0.15, -0.1) is 23.1 Å². The average molecular weight is 500 g/mol. The standard InChI is InChI=1S/C23H18FN3O3S3/c24-17-8-6-16(7-9-17)21-14-32-23(25-21)26-22(28)15-31-19-12-10-18(11-13-19)27-33(29,30)20-4-2-1-3-5-20/h1-14,27H,15H2,(H,25,26,28). The van der Waals surface area contributed by atoms with Crippen molar-refractivity contribution in [2.75, 3.05) is 15.8 Å². The van der Waals surface area contributed by atoms with Gasteiger partial charge in [0.15, 0.2) is 5.13 Å². The first-order valence-corrected chi connectivity index (χ1v) is 13.1. The van der Waals surface area contributed by atoms with Gasteiger partial charge in [0, 0.05) is 21.5 Å². The molecule has 0 fully saturated rings. The number of carbonyl (C=O) groups excluding carboxylic acids is 1. The minimum atomic E-state index is -3.65. The predicted molar refractivity (Wildman–Crippen MR) is 131 cm³/mol. The summed E-state index contributed by atoms with van der Waals surface area (Å²) < 4.78 is 40.4. The first kappa shape index (κ1) is 23.0. The molecule has 1 aromatic heterocycles. The number of halogens is 1. The molecule has 4 aromatic rings. The van der Waals surface area contributed by atoms with Crippen LogP contribution in [0.25, 0.3) is 11.3 Å². The summed E-state index contributed by atoms with van der Waals surface area (Å²) in [5.41, 5.74) is 1.87. The number of hydrogen-bond acceptors (Lipinski definition) is 6. The summed E-state index contributed by atoms with van der Waals surface area (Å²) in [5, 5.41) is 5.02. The van der Waals surface area contributed by atoms with Crippen molar-refractivity contribution in [1.82, 2.24) is 4.98 Å². The number of benzene rings is 3. The molecule has 0 bridgehead atoms. The molecule has 0 spiro atoms. The minimum absolute atomic E-state index is 0.167. The van der Waals surface area contributed by atoms with Gasteiger partial charge in [-0.3, -0.25) is 9.52 Å². The maximum Gasteiger partial charge on any atom is 0.261 e. The van der Waals surface area contributed by atoms with Crippen molar-refractivity contribution >= 4 is 49.8 Å². The number of thioether (sulfide) groups is 1. The topological polar surface area (TPSA) is 88.2 Å². The van der Waals surface area contributed by atoms with Gasteiger partial charge in [-0.1, -0.05) is 18.2 Å². The number of nitrogens with one attached hydrogen (secondary N) is 2. The van der Waals surface area contributed by atoms with Crippen LogP contribution in [0.15, 0.2) is 94.0 Å². The van der Waals surface area contributed by atoms with Gasteiger partial charge in [0.25, 0.3) is 10.0 Å². The van der Waals surface area contributed by atoms with Crippen LogP contribution in [0.4, 0.5) is 15.2 Å². The van der Waals surface area contributed by atoms with E-state index in [9.17, 15) is 17.6 Å². The number of amides is 1. The van der Waals surface area contributed by atoms with Crippen molar-refractivity contribution in [1.29, 1.82) is 0 Å². The van der Waals surface area contributed by atoms with Crippen molar-refractivity contribution in [2.24, 2.45) is 0 Å². The third kappa shape index (κ3) is 6.19. The zero-order valence-corrected chi connectivity index (χ0v) is 19.5. The van der Waals surface area contributed by atoms with Crippen LogP contribution in [0.1, 0.15) is 0 Å². The minimum Gasteiger partial charge on any atom is -0.301 e. The van der Waals surface area contributed by atoms with Crippen molar-refractivity contribution in [3.63, 3.8) is 0 Å². The second-order valence-electron chi connectivity index (χ2n) is 6.82. The van der Waals surface area contributed by atoms with Crippen molar-refractivity contribution < 1.29 is 17.6 Å². The van der Waals surface area contributed by atoms with Crippen LogP contribution in [0, 0.1) is 5.82 Å². The zero-order valence-electron chi connectivity index (χ0n) is 17.1. The number of sulfonamides is 1. The Morgan fingerprint density at radius 1 is 0.970 bits per heavy atom. The summed E-state index contributed by atoms with van der Waals surface area (Å²) in [6.07, 6.45) is 0. The number of rotatable bonds is 8. The van der Waals surface area contributed by atoms with Gasteiger partial charge in [-0.25, -0.2) is 17.8 Å². The summed E-state index contributed by atoms with van der Waals surface area (Å²) in [7, 11) is -3.65. The smallest absolute Gasteiger partial charge is 0.261 e. The molecule has 1 amide bonds.